The molecular weight excluding hydrogens is 182 g/mol. The van der Waals surface area contributed by atoms with Gasteiger partial charge in [0.05, 0.1) is 19.1 Å². The molecule has 0 fully saturated rings. The average molecular weight is 197 g/mol. The Labute approximate surface area is 82.9 Å². The summed E-state index contributed by atoms with van der Waals surface area (Å²) in [5.74, 6) is -0.356. The van der Waals surface area contributed by atoms with E-state index in [1.807, 2.05) is 6.92 Å². The summed E-state index contributed by atoms with van der Waals surface area (Å²) in [6, 6.07) is 0.0527. The molecule has 0 aromatic carbocycles. The standard InChI is InChI=1S/C9H15N3O2/c1-3-14-9(13)8-5-11-6-12(8)7(2)4-10/h5-7H,3-4,10H2,1-2H3. The van der Waals surface area contributed by atoms with E-state index >= 15 is 0 Å². The third kappa shape index (κ3) is 2.11. The minimum atomic E-state index is -0.356. The Morgan fingerprint density at radius 1 is 1.79 bits per heavy atom. The highest BCUT2D eigenvalue weighted by Crippen LogP contribution is 2.09. The zero-order valence-corrected chi connectivity index (χ0v) is 8.43. The molecule has 0 aliphatic carbocycles. The van der Waals surface area contributed by atoms with Gasteiger partial charge >= 0.3 is 5.97 Å². The molecule has 1 unspecified atom stereocenters. The van der Waals surface area contributed by atoms with Crippen LogP contribution >= 0.6 is 0 Å². The second-order valence-electron chi connectivity index (χ2n) is 2.99. The smallest absolute Gasteiger partial charge is 0.356 e. The minimum absolute atomic E-state index is 0.0527. The molecule has 78 valence electrons. The van der Waals surface area contributed by atoms with Crippen molar-refractivity contribution in [3.8, 4) is 0 Å². The SMILES string of the molecule is CCOC(=O)c1cncn1C(C)CN. The van der Waals surface area contributed by atoms with Gasteiger partial charge in [-0.2, -0.15) is 0 Å². The predicted molar refractivity (Wildman–Crippen MR) is 51.9 cm³/mol. The van der Waals surface area contributed by atoms with E-state index in [2.05, 4.69) is 4.98 Å². The van der Waals surface area contributed by atoms with Crippen molar-refractivity contribution in [1.82, 2.24) is 9.55 Å². The van der Waals surface area contributed by atoms with Crippen LogP contribution in [-0.2, 0) is 4.74 Å². The monoisotopic (exact) mass is 197 g/mol. The second-order valence-corrected chi connectivity index (χ2v) is 2.99. The Morgan fingerprint density at radius 3 is 3.07 bits per heavy atom. The van der Waals surface area contributed by atoms with E-state index < -0.39 is 0 Å². The Kier molecular flexibility index (Phi) is 3.64. The van der Waals surface area contributed by atoms with Crippen molar-refractivity contribution in [2.45, 2.75) is 19.9 Å². The molecule has 0 aliphatic heterocycles. The zero-order chi connectivity index (χ0) is 10.6. The number of hydrogen-bond donors (Lipinski definition) is 1. The molecule has 5 heteroatoms. The molecule has 0 saturated heterocycles. The van der Waals surface area contributed by atoms with E-state index in [1.54, 1.807) is 17.8 Å². The van der Waals surface area contributed by atoms with Crippen molar-refractivity contribution in [2.75, 3.05) is 13.2 Å². The van der Waals surface area contributed by atoms with Gasteiger partial charge in [-0.25, -0.2) is 9.78 Å². The van der Waals surface area contributed by atoms with E-state index in [0.29, 0.717) is 18.8 Å². The number of carbonyl (C=O) groups is 1. The van der Waals surface area contributed by atoms with Crippen molar-refractivity contribution in [2.24, 2.45) is 5.73 Å². The number of esters is 1. The minimum Gasteiger partial charge on any atom is -0.461 e. The van der Waals surface area contributed by atoms with E-state index in [-0.39, 0.29) is 12.0 Å². The molecule has 1 aromatic rings. The van der Waals surface area contributed by atoms with Crippen LogP contribution < -0.4 is 5.73 Å². The lowest BCUT2D eigenvalue weighted by Gasteiger charge is -2.13. The summed E-state index contributed by atoms with van der Waals surface area (Å²) in [4.78, 5) is 15.3. The highest BCUT2D eigenvalue weighted by molar-refractivity contribution is 5.87. The first kappa shape index (κ1) is 10.7. The molecule has 0 spiro atoms. The number of ether oxygens (including phenoxy) is 1. The van der Waals surface area contributed by atoms with Crippen molar-refractivity contribution >= 4 is 5.97 Å². The first-order valence-electron chi connectivity index (χ1n) is 4.59. The molecule has 1 atom stereocenters. The van der Waals surface area contributed by atoms with E-state index in [9.17, 15) is 4.79 Å². The summed E-state index contributed by atoms with van der Waals surface area (Å²) in [6.45, 7) is 4.51. The Morgan fingerprint density at radius 2 is 2.50 bits per heavy atom. The summed E-state index contributed by atoms with van der Waals surface area (Å²) >= 11 is 0. The van der Waals surface area contributed by atoms with Crippen LogP contribution in [0.25, 0.3) is 0 Å². The van der Waals surface area contributed by atoms with E-state index in [4.69, 9.17) is 10.5 Å². The summed E-state index contributed by atoms with van der Waals surface area (Å²) in [6.07, 6.45) is 3.08. The fraction of sp³-hybridized carbons (Fsp3) is 0.556. The molecule has 2 N–H and O–H groups in total. The molecule has 1 rings (SSSR count). The van der Waals surface area contributed by atoms with E-state index in [0.717, 1.165) is 0 Å². The Balaban J connectivity index is 2.86. The molecule has 14 heavy (non-hydrogen) atoms. The third-order valence-corrected chi connectivity index (χ3v) is 1.97. The molecule has 0 amide bonds. The van der Waals surface area contributed by atoms with Gasteiger partial charge in [0.1, 0.15) is 5.69 Å². The van der Waals surface area contributed by atoms with Gasteiger partial charge in [0, 0.05) is 12.6 Å². The van der Waals surface area contributed by atoms with Gasteiger partial charge in [-0.05, 0) is 13.8 Å². The van der Waals surface area contributed by atoms with Gasteiger partial charge in [0.15, 0.2) is 0 Å². The molecule has 5 nitrogen and oxygen atoms in total. The normalized spacial score (nSPS) is 12.5. The maximum absolute atomic E-state index is 11.4. The Hall–Kier alpha value is -1.36. The molecule has 0 saturated carbocycles. The van der Waals surface area contributed by atoms with E-state index in [1.165, 1.54) is 6.20 Å². The first-order chi connectivity index (χ1) is 6.70. The molecule has 1 aromatic heterocycles. The number of rotatable bonds is 4. The number of nitrogens with zero attached hydrogens (tertiary/aromatic N) is 2. The summed E-state index contributed by atoms with van der Waals surface area (Å²) in [7, 11) is 0. The van der Waals surface area contributed by atoms with Crippen LogP contribution in [0.3, 0.4) is 0 Å². The summed E-state index contributed by atoms with van der Waals surface area (Å²) < 4.78 is 6.60. The number of nitrogens with two attached hydrogens (primary N) is 1. The number of imidazole rings is 1. The van der Waals surface area contributed by atoms with Gasteiger partial charge in [0.2, 0.25) is 0 Å². The van der Waals surface area contributed by atoms with Gasteiger partial charge in [-0.1, -0.05) is 0 Å². The van der Waals surface area contributed by atoms with Crippen molar-refractivity contribution < 1.29 is 9.53 Å². The lowest BCUT2D eigenvalue weighted by molar-refractivity contribution is 0.0512. The van der Waals surface area contributed by atoms with Crippen LogP contribution in [0.1, 0.15) is 30.4 Å². The van der Waals surface area contributed by atoms with Crippen molar-refractivity contribution in [3.63, 3.8) is 0 Å². The van der Waals surface area contributed by atoms with Crippen LogP contribution in [0.5, 0.6) is 0 Å². The quantitative estimate of drug-likeness (QED) is 0.717. The number of carbonyl (C=O) groups excluding carboxylic acids is 1. The van der Waals surface area contributed by atoms with Gasteiger partial charge < -0.3 is 15.0 Å². The average Bonchev–Trinajstić information content (AvgIpc) is 2.65. The van der Waals surface area contributed by atoms with Crippen LogP contribution in [-0.4, -0.2) is 28.7 Å². The molecular formula is C9H15N3O2. The number of hydrogen-bond acceptors (Lipinski definition) is 4. The fourth-order valence-corrected chi connectivity index (χ4v) is 1.13. The van der Waals surface area contributed by atoms with Crippen molar-refractivity contribution in [1.29, 1.82) is 0 Å². The highest BCUT2D eigenvalue weighted by atomic mass is 16.5. The first-order valence-corrected chi connectivity index (χ1v) is 4.59. The molecule has 1 heterocycles. The van der Waals surface area contributed by atoms with Crippen LogP contribution in [0.15, 0.2) is 12.5 Å². The molecule has 0 bridgehead atoms. The van der Waals surface area contributed by atoms with Crippen LogP contribution in [0.4, 0.5) is 0 Å². The molecule has 0 aliphatic rings. The van der Waals surface area contributed by atoms with Crippen LogP contribution in [0.2, 0.25) is 0 Å². The maximum atomic E-state index is 11.4. The van der Waals surface area contributed by atoms with Gasteiger partial charge in [-0.15, -0.1) is 0 Å². The molecule has 0 radical (unpaired) electrons. The Bertz CT molecular complexity index is 309. The third-order valence-electron chi connectivity index (χ3n) is 1.97. The van der Waals surface area contributed by atoms with Crippen molar-refractivity contribution in [3.05, 3.63) is 18.2 Å². The number of aromatic nitrogens is 2. The largest absolute Gasteiger partial charge is 0.461 e. The lowest BCUT2D eigenvalue weighted by Crippen LogP contribution is -2.20. The highest BCUT2D eigenvalue weighted by Gasteiger charge is 2.15. The lowest BCUT2D eigenvalue weighted by atomic mass is 10.3. The summed E-state index contributed by atoms with van der Waals surface area (Å²) in [5.41, 5.74) is 5.95. The summed E-state index contributed by atoms with van der Waals surface area (Å²) in [5, 5.41) is 0. The zero-order valence-electron chi connectivity index (χ0n) is 8.43. The fourth-order valence-electron chi connectivity index (χ4n) is 1.13. The van der Waals surface area contributed by atoms with Gasteiger partial charge in [-0.3, -0.25) is 0 Å². The second kappa shape index (κ2) is 4.76. The maximum Gasteiger partial charge on any atom is 0.356 e. The van der Waals surface area contributed by atoms with Gasteiger partial charge in [0.25, 0.3) is 0 Å². The van der Waals surface area contributed by atoms with Crippen LogP contribution in [0, 0.1) is 0 Å². The predicted octanol–water partition coefficient (Wildman–Crippen LogP) is 0.580. The topological polar surface area (TPSA) is 70.1 Å².